The second kappa shape index (κ2) is 5.20. The van der Waals surface area contributed by atoms with E-state index in [0.29, 0.717) is 0 Å². The van der Waals surface area contributed by atoms with Gasteiger partial charge in [0.25, 0.3) is 0 Å². The average Bonchev–Trinajstić information content (AvgIpc) is 2.14. The van der Waals surface area contributed by atoms with Gasteiger partial charge in [-0.25, -0.2) is 0 Å². The lowest BCUT2D eigenvalue weighted by Crippen LogP contribution is -1.93. The van der Waals surface area contributed by atoms with Gasteiger partial charge in [0, 0.05) is 11.0 Å². The minimum absolute atomic E-state index is 0.905. The summed E-state index contributed by atoms with van der Waals surface area (Å²) in [5, 5.41) is 1.01. The molecule has 76 valence electrons. The van der Waals surface area contributed by atoms with Crippen LogP contribution in [0.5, 0.6) is 0 Å². The molecule has 0 saturated heterocycles. The Bertz CT molecular complexity index is 319. The third kappa shape index (κ3) is 2.88. The summed E-state index contributed by atoms with van der Waals surface area (Å²) >= 11 is 3.39. The van der Waals surface area contributed by atoms with E-state index in [9.17, 15) is 0 Å². The molecule has 0 atom stereocenters. The molecule has 2 heteroatoms. The van der Waals surface area contributed by atoms with E-state index in [1.165, 1.54) is 5.56 Å². The molecular weight excluding hydrogens is 238 g/mol. The number of alkyl halides is 1. The molecule has 0 spiro atoms. The molecule has 0 aliphatic carbocycles. The number of hydrogen-bond donors (Lipinski definition) is 1. The zero-order chi connectivity index (χ0) is 10.6. The van der Waals surface area contributed by atoms with E-state index in [1.54, 1.807) is 0 Å². The normalized spacial score (nSPS) is 11.1. The largest absolute Gasteiger partial charge is 0.398 e. The zero-order valence-corrected chi connectivity index (χ0v) is 10.3. The van der Waals surface area contributed by atoms with Crippen molar-refractivity contribution < 1.29 is 0 Å². The van der Waals surface area contributed by atoms with Gasteiger partial charge in [-0.2, -0.15) is 0 Å². The van der Waals surface area contributed by atoms with E-state index in [0.717, 1.165) is 28.6 Å². The number of aryl methyl sites for hydroxylation is 2. The predicted octanol–water partition coefficient (Wildman–Crippen LogP) is 3.68. The van der Waals surface area contributed by atoms with E-state index in [-0.39, 0.29) is 0 Å². The molecular formula is C12H16BrN. The number of rotatable bonds is 3. The Kier molecular flexibility index (Phi) is 4.21. The molecule has 1 aromatic carbocycles. The van der Waals surface area contributed by atoms with Gasteiger partial charge in [0.15, 0.2) is 0 Å². The van der Waals surface area contributed by atoms with Gasteiger partial charge < -0.3 is 5.73 Å². The molecule has 0 radical (unpaired) electrons. The third-order valence-electron chi connectivity index (χ3n) is 2.20. The standard InChI is InChI=1S/C12H16BrN/c1-9-7-11(5-3-4-6-13)8-10(2)12(9)14/h3,5,7-8H,4,6,14H2,1-2H3. The summed E-state index contributed by atoms with van der Waals surface area (Å²) in [5.41, 5.74) is 10.3. The van der Waals surface area contributed by atoms with Gasteiger partial charge in [0.1, 0.15) is 0 Å². The summed E-state index contributed by atoms with van der Waals surface area (Å²) < 4.78 is 0. The highest BCUT2D eigenvalue weighted by atomic mass is 79.9. The molecule has 0 aliphatic rings. The van der Waals surface area contributed by atoms with Crippen LogP contribution in [0.4, 0.5) is 5.69 Å². The van der Waals surface area contributed by atoms with E-state index in [2.05, 4.69) is 40.2 Å². The Balaban J connectivity index is 2.89. The van der Waals surface area contributed by atoms with Crippen LogP contribution in [0.25, 0.3) is 6.08 Å². The fourth-order valence-corrected chi connectivity index (χ4v) is 1.65. The first-order chi connectivity index (χ1) is 6.65. The fraction of sp³-hybridized carbons (Fsp3) is 0.333. The van der Waals surface area contributed by atoms with Crippen molar-refractivity contribution in [3.63, 3.8) is 0 Å². The second-order valence-electron chi connectivity index (χ2n) is 3.45. The van der Waals surface area contributed by atoms with E-state index < -0.39 is 0 Å². The lowest BCUT2D eigenvalue weighted by Gasteiger charge is -2.05. The average molecular weight is 254 g/mol. The smallest absolute Gasteiger partial charge is 0.0373 e. The monoisotopic (exact) mass is 253 g/mol. The number of hydrogen-bond acceptors (Lipinski definition) is 1. The van der Waals surface area contributed by atoms with Crippen molar-refractivity contribution in [2.45, 2.75) is 20.3 Å². The van der Waals surface area contributed by atoms with Crippen molar-refractivity contribution in [2.24, 2.45) is 0 Å². The summed E-state index contributed by atoms with van der Waals surface area (Å²) in [5.74, 6) is 0. The van der Waals surface area contributed by atoms with Gasteiger partial charge in [-0.05, 0) is 49.1 Å². The second-order valence-corrected chi connectivity index (χ2v) is 4.24. The summed E-state index contributed by atoms with van der Waals surface area (Å²) in [7, 11) is 0. The molecule has 14 heavy (non-hydrogen) atoms. The summed E-state index contributed by atoms with van der Waals surface area (Å²) in [4.78, 5) is 0. The van der Waals surface area contributed by atoms with Crippen molar-refractivity contribution in [3.05, 3.63) is 34.9 Å². The maximum absolute atomic E-state index is 5.87. The fourth-order valence-electron chi connectivity index (χ4n) is 1.39. The first-order valence-corrected chi connectivity index (χ1v) is 5.86. The maximum Gasteiger partial charge on any atom is 0.0373 e. The molecule has 0 aliphatic heterocycles. The lowest BCUT2D eigenvalue weighted by molar-refractivity contribution is 1.27. The predicted molar refractivity (Wildman–Crippen MR) is 67.8 cm³/mol. The van der Waals surface area contributed by atoms with Gasteiger partial charge in [-0.15, -0.1) is 0 Å². The zero-order valence-electron chi connectivity index (χ0n) is 8.68. The molecule has 0 bridgehead atoms. The van der Waals surface area contributed by atoms with E-state index in [4.69, 9.17) is 5.73 Å². The van der Waals surface area contributed by atoms with Crippen molar-refractivity contribution in [2.75, 3.05) is 11.1 Å². The van der Waals surface area contributed by atoms with Crippen LogP contribution in [0.15, 0.2) is 18.2 Å². The molecule has 2 N–H and O–H groups in total. The van der Waals surface area contributed by atoms with Gasteiger partial charge in [0.2, 0.25) is 0 Å². The Morgan fingerprint density at radius 2 is 1.86 bits per heavy atom. The summed E-state index contributed by atoms with van der Waals surface area (Å²) in [6.45, 7) is 4.09. The van der Waals surface area contributed by atoms with Crippen LogP contribution in [0, 0.1) is 13.8 Å². The maximum atomic E-state index is 5.87. The van der Waals surface area contributed by atoms with E-state index in [1.807, 2.05) is 13.8 Å². The molecule has 0 amide bonds. The minimum atomic E-state index is 0.905. The summed E-state index contributed by atoms with van der Waals surface area (Å²) in [6, 6.07) is 4.24. The van der Waals surface area contributed by atoms with Crippen LogP contribution in [0.1, 0.15) is 23.1 Å². The first-order valence-electron chi connectivity index (χ1n) is 4.74. The molecule has 1 rings (SSSR count). The molecule has 1 aromatic rings. The van der Waals surface area contributed by atoms with Crippen LogP contribution in [0.2, 0.25) is 0 Å². The van der Waals surface area contributed by atoms with Crippen LogP contribution in [0.3, 0.4) is 0 Å². The SMILES string of the molecule is Cc1cc(C=CCCBr)cc(C)c1N. The Morgan fingerprint density at radius 3 is 2.36 bits per heavy atom. The quantitative estimate of drug-likeness (QED) is 0.646. The van der Waals surface area contributed by atoms with Crippen molar-refractivity contribution >= 4 is 27.7 Å². The number of halogens is 1. The molecule has 1 nitrogen and oxygen atoms in total. The number of nitrogen functional groups attached to an aromatic ring is 1. The van der Waals surface area contributed by atoms with Crippen molar-refractivity contribution in [3.8, 4) is 0 Å². The highest BCUT2D eigenvalue weighted by molar-refractivity contribution is 9.09. The van der Waals surface area contributed by atoms with Crippen LogP contribution in [-0.2, 0) is 0 Å². The Hall–Kier alpha value is -0.760. The lowest BCUT2D eigenvalue weighted by atomic mass is 10.0. The number of anilines is 1. The Morgan fingerprint density at radius 1 is 1.29 bits per heavy atom. The molecule has 0 saturated carbocycles. The molecule has 0 aromatic heterocycles. The number of nitrogens with two attached hydrogens (primary N) is 1. The van der Waals surface area contributed by atoms with Gasteiger partial charge in [-0.1, -0.05) is 28.1 Å². The third-order valence-corrected chi connectivity index (χ3v) is 2.66. The molecule has 0 unspecified atom stereocenters. The topological polar surface area (TPSA) is 26.0 Å². The highest BCUT2D eigenvalue weighted by Crippen LogP contribution is 2.19. The molecule has 0 heterocycles. The first kappa shape index (κ1) is 11.3. The molecule has 0 fully saturated rings. The van der Waals surface area contributed by atoms with Crippen LogP contribution in [-0.4, -0.2) is 5.33 Å². The minimum Gasteiger partial charge on any atom is -0.398 e. The Labute approximate surface area is 94.1 Å². The highest BCUT2D eigenvalue weighted by Gasteiger charge is 1.98. The van der Waals surface area contributed by atoms with E-state index >= 15 is 0 Å². The summed E-state index contributed by atoms with van der Waals surface area (Å²) in [6.07, 6.45) is 5.36. The van der Waals surface area contributed by atoms with Crippen LogP contribution < -0.4 is 5.73 Å². The van der Waals surface area contributed by atoms with Crippen molar-refractivity contribution in [1.29, 1.82) is 0 Å². The number of benzene rings is 1. The van der Waals surface area contributed by atoms with Crippen molar-refractivity contribution in [1.82, 2.24) is 0 Å². The van der Waals surface area contributed by atoms with Gasteiger partial charge in [-0.3, -0.25) is 0 Å². The van der Waals surface area contributed by atoms with Gasteiger partial charge >= 0.3 is 0 Å². The van der Waals surface area contributed by atoms with Gasteiger partial charge in [0.05, 0.1) is 0 Å². The number of allylic oxidation sites excluding steroid dienone is 1. The van der Waals surface area contributed by atoms with Crippen LogP contribution >= 0.6 is 15.9 Å².